The Bertz CT molecular complexity index is 199. The Balaban J connectivity index is 4.15. The lowest BCUT2D eigenvalue weighted by molar-refractivity contribution is -0.142. The number of nitrogens with zero attached hydrogens (tertiary/aromatic N) is 1. The third-order valence-electron chi connectivity index (χ3n) is 1.90. The highest BCUT2D eigenvalue weighted by Gasteiger charge is 2.19. The number of alkyl halides is 1. The molecule has 3 nitrogen and oxygen atoms in total. The summed E-state index contributed by atoms with van der Waals surface area (Å²) in [5.74, 6) is 0.458. The fraction of sp³-hybridized carbons (Fsp3) is 0.909. The van der Waals surface area contributed by atoms with Crippen LogP contribution in [0.1, 0.15) is 34.6 Å². The molecule has 0 heterocycles. The van der Waals surface area contributed by atoms with Gasteiger partial charge in [-0.1, -0.05) is 0 Å². The van der Waals surface area contributed by atoms with E-state index in [1.807, 2.05) is 34.6 Å². The average molecular weight is 236 g/mol. The van der Waals surface area contributed by atoms with Gasteiger partial charge >= 0.3 is 0 Å². The number of hydrogen-bond donors (Lipinski definition) is 0. The van der Waals surface area contributed by atoms with Gasteiger partial charge in [0.15, 0.2) is 0 Å². The maximum Gasteiger partial charge on any atom is 0.248 e. The number of ether oxygens (including phenoxy) is 1. The second-order valence-corrected chi connectivity index (χ2v) is 5.15. The highest BCUT2D eigenvalue weighted by molar-refractivity contribution is 6.18. The normalized spacial score (nSPS) is 11.9. The summed E-state index contributed by atoms with van der Waals surface area (Å²) in [5, 5.41) is 0. The van der Waals surface area contributed by atoms with E-state index in [9.17, 15) is 4.79 Å². The van der Waals surface area contributed by atoms with Crippen molar-refractivity contribution in [1.82, 2.24) is 4.90 Å². The zero-order valence-corrected chi connectivity index (χ0v) is 11.1. The van der Waals surface area contributed by atoms with Gasteiger partial charge in [0.25, 0.3) is 0 Å². The number of halogens is 1. The number of rotatable bonds is 5. The minimum Gasteiger partial charge on any atom is -0.366 e. The topological polar surface area (TPSA) is 29.5 Å². The number of amides is 1. The fourth-order valence-corrected chi connectivity index (χ4v) is 1.31. The Kier molecular flexibility index (Phi) is 6.22. The van der Waals surface area contributed by atoms with E-state index in [1.54, 1.807) is 4.90 Å². The van der Waals surface area contributed by atoms with Crippen LogP contribution in [0.4, 0.5) is 0 Å². The lowest BCUT2D eigenvalue weighted by atomic mass is 10.2. The molecule has 0 radical (unpaired) electrons. The van der Waals surface area contributed by atoms with Crippen molar-refractivity contribution < 1.29 is 9.53 Å². The summed E-state index contributed by atoms with van der Waals surface area (Å²) in [6.45, 7) is 10.4. The summed E-state index contributed by atoms with van der Waals surface area (Å²) >= 11 is 5.64. The molecule has 90 valence electrons. The molecule has 4 heteroatoms. The van der Waals surface area contributed by atoms with Gasteiger partial charge in [0.1, 0.15) is 6.61 Å². The minimum absolute atomic E-state index is 0.000532. The predicted molar refractivity (Wildman–Crippen MR) is 63.3 cm³/mol. The van der Waals surface area contributed by atoms with E-state index in [1.165, 1.54) is 0 Å². The molecule has 0 fully saturated rings. The van der Waals surface area contributed by atoms with Crippen molar-refractivity contribution in [3.05, 3.63) is 0 Å². The maximum absolute atomic E-state index is 11.8. The van der Waals surface area contributed by atoms with Crippen LogP contribution in [0, 0.1) is 0 Å². The predicted octanol–water partition coefficient (Wildman–Crippen LogP) is 2.28. The second-order valence-electron chi connectivity index (χ2n) is 4.77. The molecule has 0 saturated heterocycles. The molecule has 0 aliphatic heterocycles. The van der Waals surface area contributed by atoms with E-state index < -0.39 is 0 Å². The highest BCUT2D eigenvalue weighted by atomic mass is 35.5. The van der Waals surface area contributed by atoms with Gasteiger partial charge in [-0.2, -0.15) is 0 Å². The molecule has 0 saturated carbocycles. The van der Waals surface area contributed by atoms with E-state index >= 15 is 0 Å². The van der Waals surface area contributed by atoms with Crippen molar-refractivity contribution in [2.45, 2.75) is 46.3 Å². The largest absolute Gasteiger partial charge is 0.366 e. The molecule has 0 aromatic carbocycles. The summed E-state index contributed by atoms with van der Waals surface area (Å²) in [4.78, 5) is 13.5. The Labute approximate surface area is 97.7 Å². The fourth-order valence-electron chi connectivity index (χ4n) is 1.12. The molecule has 0 atom stereocenters. The first-order valence-electron chi connectivity index (χ1n) is 5.27. The third kappa shape index (κ3) is 6.74. The van der Waals surface area contributed by atoms with Crippen LogP contribution in [-0.4, -0.2) is 41.5 Å². The van der Waals surface area contributed by atoms with Crippen LogP contribution in [0.5, 0.6) is 0 Å². The van der Waals surface area contributed by atoms with Crippen LogP contribution < -0.4 is 0 Å². The van der Waals surface area contributed by atoms with Gasteiger partial charge in [0, 0.05) is 18.5 Å². The quantitative estimate of drug-likeness (QED) is 0.685. The molecule has 0 unspecified atom stereocenters. The van der Waals surface area contributed by atoms with E-state index in [2.05, 4.69) is 0 Å². The van der Waals surface area contributed by atoms with Gasteiger partial charge in [-0.15, -0.1) is 11.6 Å². The van der Waals surface area contributed by atoms with Crippen LogP contribution >= 0.6 is 11.6 Å². The van der Waals surface area contributed by atoms with Crippen LogP contribution in [0.25, 0.3) is 0 Å². The highest BCUT2D eigenvalue weighted by Crippen LogP contribution is 2.08. The standard InChI is InChI=1S/C11H22ClNO2/c1-9(2)13(7-6-12)10(14)8-15-11(3,4)5/h9H,6-8H2,1-5H3. The molecule has 0 aromatic heterocycles. The van der Waals surface area contributed by atoms with Crippen molar-refractivity contribution in [3.8, 4) is 0 Å². The molecular weight excluding hydrogens is 214 g/mol. The molecule has 15 heavy (non-hydrogen) atoms. The van der Waals surface area contributed by atoms with Crippen LogP contribution in [0.3, 0.4) is 0 Å². The van der Waals surface area contributed by atoms with Gasteiger partial charge in [0.2, 0.25) is 5.91 Å². The lowest BCUT2D eigenvalue weighted by Gasteiger charge is -2.28. The van der Waals surface area contributed by atoms with Crippen LogP contribution in [0.15, 0.2) is 0 Å². The van der Waals surface area contributed by atoms with Gasteiger partial charge in [0.05, 0.1) is 5.60 Å². The zero-order chi connectivity index (χ0) is 12.1. The van der Waals surface area contributed by atoms with Crippen LogP contribution in [-0.2, 0) is 9.53 Å². The first-order valence-corrected chi connectivity index (χ1v) is 5.80. The van der Waals surface area contributed by atoms with E-state index in [0.29, 0.717) is 12.4 Å². The van der Waals surface area contributed by atoms with Crippen molar-refractivity contribution in [3.63, 3.8) is 0 Å². The Morgan fingerprint density at radius 1 is 1.40 bits per heavy atom. The van der Waals surface area contributed by atoms with E-state index in [4.69, 9.17) is 16.3 Å². The zero-order valence-electron chi connectivity index (χ0n) is 10.3. The first kappa shape index (κ1) is 14.7. The third-order valence-corrected chi connectivity index (χ3v) is 2.07. The SMILES string of the molecule is CC(C)N(CCCl)C(=O)COC(C)(C)C. The maximum atomic E-state index is 11.8. The molecule has 0 aliphatic carbocycles. The number of carbonyl (C=O) groups is 1. The van der Waals surface area contributed by atoms with Crippen LogP contribution in [0.2, 0.25) is 0 Å². The van der Waals surface area contributed by atoms with Crippen molar-refractivity contribution in [2.75, 3.05) is 19.0 Å². The lowest BCUT2D eigenvalue weighted by Crippen LogP contribution is -2.41. The minimum atomic E-state index is -0.278. The van der Waals surface area contributed by atoms with Crippen molar-refractivity contribution in [1.29, 1.82) is 0 Å². The Morgan fingerprint density at radius 3 is 2.27 bits per heavy atom. The molecular formula is C11H22ClNO2. The van der Waals surface area contributed by atoms with E-state index in [0.717, 1.165) is 0 Å². The number of hydrogen-bond acceptors (Lipinski definition) is 2. The monoisotopic (exact) mass is 235 g/mol. The van der Waals surface area contributed by atoms with Gasteiger partial charge in [-0.25, -0.2) is 0 Å². The van der Waals surface area contributed by atoms with Gasteiger partial charge in [-0.3, -0.25) is 4.79 Å². The van der Waals surface area contributed by atoms with Gasteiger partial charge in [-0.05, 0) is 34.6 Å². The summed E-state index contributed by atoms with van der Waals surface area (Å²) in [5.41, 5.74) is -0.278. The summed E-state index contributed by atoms with van der Waals surface area (Å²) in [7, 11) is 0. The molecule has 0 bridgehead atoms. The average Bonchev–Trinajstić information content (AvgIpc) is 2.08. The Hall–Kier alpha value is -0.280. The van der Waals surface area contributed by atoms with Crippen molar-refractivity contribution in [2.24, 2.45) is 0 Å². The van der Waals surface area contributed by atoms with Crippen molar-refractivity contribution >= 4 is 17.5 Å². The Morgan fingerprint density at radius 2 is 1.93 bits per heavy atom. The molecule has 0 rings (SSSR count). The summed E-state index contributed by atoms with van der Waals surface area (Å²) in [6.07, 6.45) is 0. The van der Waals surface area contributed by atoms with Gasteiger partial charge < -0.3 is 9.64 Å². The molecule has 1 amide bonds. The first-order chi connectivity index (χ1) is 6.78. The van der Waals surface area contributed by atoms with E-state index in [-0.39, 0.29) is 24.2 Å². The molecule has 0 aliphatic rings. The summed E-state index contributed by atoms with van der Waals surface area (Å²) in [6, 6.07) is 0.166. The summed E-state index contributed by atoms with van der Waals surface area (Å²) < 4.78 is 5.43. The second kappa shape index (κ2) is 6.33. The molecule has 0 spiro atoms. The molecule has 0 N–H and O–H groups in total. The molecule has 0 aromatic rings. The number of carbonyl (C=O) groups excluding carboxylic acids is 1. The smallest absolute Gasteiger partial charge is 0.248 e.